The first kappa shape index (κ1) is 13.8. The minimum atomic E-state index is -0.131. The Morgan fingerprint density at radius 3 is 2.86 bits per heavy atom. The second-order valence-corrected chi connectivity index (χ2v) is 5.81. The maximum absolute atomic E-state index is 11.6. The van der Waals surface area contributed by atoms with Gasteiger partial charge in [0.2, 0.25) is 0 Å². The molecule has 7 heteroatoms. The zero-order chi connectivity index (χ0) is 14.7. The van der Waals surface area contributed by atoms with Gasteiger partial charge in [-0.15, -0.1) is 5.10 Å². The predicted molar refractivity (Wildman–Crippen MR) is 78.5 cm³/mol. The van der Waals surface area contributed by atoms with Crippen molar-refractivity contribution in [1.82, 2.24) is 14.8 Å². The van der Waals surface area contributed by atoms with Crippen molar-refractivity contribution < 1.29 is 4.74 Å². The van der Waals surface area contributed by atoms with Gasteiger partial charge in [0.25, 0.3) is 0 Å². The molecule has 21 heavy (non-hydrogen) atoms. The summed E-state index contributed by atoms with van der Waals surface area (Å²) in [7, 11) is 0. The Morgan fingerprint density at radius 1 is 1.43 bits per heavy atom. The molecule has 0 unspecified atom stereocenters. The van der Waals surface area contributed by atoms with Crippen molar-refractivity contribution in [2.75, 3.05) is 12.4 Å². The molecule has 1 saturated carbocycles. The summed E-state index contributed by atoms with van der Waals surface area (Å²) in [6.45, 7) is 0.516. The van der Waals surface area contributed by atoms with Gasteiger partial charge in [0.05, 0.1) is 18.2 Å². The van der Waals surface area contributed by atoms with Crippen molar-refractivity contribution in [2.45, 2.75) is 24.0 Å². The maximum atomic E-state index is 11.6. The van der Waals surface area contributed by atoms with Crippen LogP contribution in [0.3, 0.4) is 0 Å². The van der Waals surface area contributed by atoms with E-state index in [1.54, 1.807) is 28.8 Å². The molecule has 0 spiro atoms. The molecule has 1 aromatic heterocycles. The van der Waals surface area contributed by atoms with Crippen LogP contribution in [0.1, 0.15) is 24.4 Å². The lowest BCUT2D eigenvalue weighted by Crippen LogP contribution is -2.16. The molecule has 0 atom stereocenters. The fourth-order valence-corrected chi connectivity index (χ4v) is 2.80. The van der Waals surface area contributed by atoms with Gasteiger partial charge in [-0.1, -0.05) is 11.8 Å². The van der Waals surface area contributed by atoms with Crippen molar-refractivity contribution in [3.63, 3.8) is 0 Å². The van der Waals surface area contributed by atoms with Gasteiger partial charge in [-0.25, -0.2) is 9.89 Å². The van der Waals surface area contributed by atoms with E-state index in [1.165, 1.54) is 11.8 Å². The summed E-state index contributed by atoms with van der Waals surface area (Å²) in [5, 5.41) is 16.0. The van der Waals surface area contributed by atoms with Gasteiger partial charge < -0.3 is 4.74 Å². The molecule has 1 N–H and O–H groups in total. The molecule has 1 aliphatic rings. The molecule has 0 aliphatic heterocycles. The highest BCUT2D eigenvalue weighted by Gasteiger charge is 2.28. The van der Waals surface area contributed by atoms with Crippen LogP contribution < -0.4 is 10.4 Å². The largest absolute Gasteiger partial charge is 0.493 e. The van der Waals surface area contributed by atoms with Gasteiger partial charge in [-0.2, -0.15) is 5.26 Å². The molecule has 0 saturated heterocycles. The first-order valence-corrected chi connectivity index (χ1v) is 7.69. The Hall–Kier alpha value is -2.20. The first-order valence-electron chi connectivity index (χ1n) is 6.70. The molecule has 0 bridgehead atoms. The lowest BCUT2D eigenvalue weighted by Gasteiger charge is -2.06. The van der Waals surface area contributed by atoms with Crippen LogP contribution in [0.4, 0.5) is 0 Å². The Labute approximate surface area is 125 Å². The second kappa shape index (κ2) is 6.06. The third-order valence-corrected chi connectivity index (χ3v) is 4.07. The van der Waals surface area contributed by atoms with Crippen molar-refractivity contribution in [3.8, 4) is 11.8 Å². The molecular formula is C14H14N4O2S. The van der Waals surface area contributed by atoms with Gasteiger partial charge in [0.1, 0.15) is 5.75 Å². The lowest BCUT2D eigenvalue weighted by molar-refractivity contribution is 0.344. The van der Waals surface area contributed by atoms with E-state index in [4.69, 9.17) is 10.00 Å². The number of nitrogens with one attached hydrogen (secondary N) is 1. The quantitative estimate of drug-likeness (QED) is 0.651. The monoisotopic (exact) mass is 302 g/mol. The Bertz CT molecular complexity index is 710. The number of aromatic amines is 1. The normalized spacial score (nSPS) is 13.9. The summed E-state index contributed by atoms with van der Waals surface area (Å²) >= 11 is 1.51. The number of nitriles is 1. The molecule has 2 aromatic rings. The molecule has 1 aromatic carbocycles. The van der Waals surface area contributed by atoms with Gasteiger partial charge in [-0.3, -0.25) is 4.57 Å². The minimum absolute atomic E-state index is 0.131. The summed E-state index contributed by atoms with van der Waals surface area (Å²) in [4.78, 5) is 11.6. The lowest BCUT2D eigenvalue weighted by atomic mass is 10.2. The third-order valence-electron chi connectivity index (χ3n) is 3.15. The van der Waals surface area contributed by atoms with Crippen LogP contribution in [0.5, 0.6) is 5.75 Å². The number of hydrogen-bond acceptors (Lipinski definition) is 5. The highest BCUT2D eigenvalue weighted by molar-refractivity contribution is 7.99. The van der Waals surface area contributed by atoms with Crippen LogP contribution in [-0.4, -0.2) is 27.1 Å². The average molecular weight is 302 g/mol. The number of ether oxygens (including phenoxy) is 1. The van der Waals surface area contributed by atoms with Crippen molar-refractivity contribution in [3.05, 3.63) is 40.3 Å². The van der Waals surface area contributed by atoms with E-state index < -0.39 is 0 Å². The summed E-state index contributed by atoms with van der Waals surface area (Å²) < 4.78 is 7.32. The van der Waals surface area contributed by atoms with Crippen LogP contribution in [0.25, 0.3) is 0 Å². The van der Waals surface area contributed by atoms with E-state index in [9.17, 15) is 4.79 Å². The van der Waals surface area contributed by atoms with Gasteiger partial charge in [0.15, 0.2) is 5.16 Å². The summed E-state index contributed by atoms with van der Waals surface area (Å²) in [5.74, 6) is 1.44. The molecule has 0 radical (unpaired) electrons. The smallest absolute Gasteiger partial charge is 0.344 e. The highest BCUT2D eigenvalue weighted by atomic mass is 32.2. The number of nitrogens with zero attached hydrogens (tertiary/aromatic N) is 3. The van der Waals surface area contributed by atoms with Crippen LogP contribution in [0.15, 0.2) is 34.2 Å². The van der Waals surface area contributed by atoms with E-state index >= 15 is 0 Å². The van der Waals surface area contributed by atoms with Crippen molar-refractivity contribution >= 4 is 11.8 Å². The number of hydrogen-bond donors (Lipinski definition) is 1. The fourth-order valence-electron chi connectivity index (χ4n) is 1.96. The third kappa shape index (κ3) is 3.28. The topological polar surface area (TPSA) is 83.7 Å². The SMILES string of the molecule is N#Cc1ccc(OCCSc2n[nH]c(=O)n2C2CC2)cc1. The molecule has 6 nitrogen and oxygen atoms in total. The van der Waals surface area contributed by atoms with Crippen LogP contribution in [0, 0.1) is 11.3 Å². The predicted octanol–water partition coefficient (Wildman–Crippen LogP) is 1.95. The molecule has 0 amide bonds. The van der Waals surface area contributed by atoms with E-state index in [1.807, 2.05) is 0 Å². The fraction of sp³-hybridized carbons (Fsp3) is 0.357. The van der Waals surface area contributed by atoms with Gasteiger partial charge >= 0.3 is 5.69 Å². The molecule has 1 aliphatic carbocycles. The van der Waals surface area contributed by atoms with E-state index in [0.29, 0.717) is 24.0 Å². The van der Waals surface area contributed by atoms with Gasteiger partial charge in [-0.05, 0) is 37.1 Å². The molecule has 3 rings (SSSR count). The zero-order valence-corrected chi connectivity index (χ0v) is 12.1. The summed E-state index contributed by atoms with van der Waals surface area (Å²) in [6.07, 6.45) is 2.10. The Morgan fingerprint density at radius 2 is 2.19 bits per heavy atom. The number of rotatable bonds is 6. The maximum Gasteiger partial charge on any atom is 0.344 e. The van der Waals surface area contributed by atoms with Crippen LogP contribution >= 0.6 is 11.8 Å². The van der Waals surface area contributed by atoms with E-state index in [-0.39, 0.29) is 5.69 Å². The standard InChI is InChI=1S/C14H14N4O2S/c15-9-10-1-5-12(6-2-10)20-7-8-21-14-17-16-13(19)18(14)11-3-4-11/h1-2,5-6,11H,3-4,7-8H2,(H,16,19). The molecular weight excluding hydrogens is 288 g/mol. The molecule has 108 valence electrons. The second-order valence-electron chi connectivity index (χ2n) is 4.75. The number of aromatic nitrogens is 3. The summed E-state index contributed by atoms with van der Waals surface area (Å²) in [5.41, 5.74) is 0.481. The van der Waals surface area contributed by atoms with E-state index in [2.05, 4.69) is 16.3 Å². The highest BCUT2D eigenvalue weighted by Crippen LogP contribution is 2.35. The molecule has 1 heterocycles. The number of H-pyrrole nitrogens is 1. The zero-order valence-electron chi connectivity index (χ0n) is 11.3. The molecule has 1 fully saturated rings. The van der Waals surface area contributed by atoms with Crippen molar-refractivity contribution in [1.29, 1.82) is 5.26 Å². The van der Waals surface area contributed by atoms with Crippen LogP contribution in [0.2, 0.25) is 0 Å². The van der Waals surface area contributed by atoms with Crippen LogP contribution in [-0.2, 0) is 0 Å². The first-order chi connectivity index (χ1) is 10.3. The summed E-state index contributed by atoms with van der Waals surface area (Å²) in [6, 6.07) is 9.38. The Balaban J connectivity index is 1.50. The van der Waals surface area contributed by atoms with Gasteiger partial charge in [0, 0.05) is 11.8 Å². The minimum Gasteiger partial charge on any atom is -0.493 e. The number of thioether (sulfide) groups is 1. The van der Waals surface area contributed by atoms with Crippen molar-refractivity contribution in [2.24, 2.45) is 0 Å². The van der Waals surface area contributed by atoms with E-state index in [0.717, 1.165) is 23.7 Å². The number of benzene rings is 1. The Kier molecular flexibility index (Phi) is 3.97. The average Bonchev–Trinajstić information content (AvgIpc) is 3.28.